The highest BCUT2D eigenvalue weighted by Crippen LogP contribution is 2.28. The maximum Gasteiger partial charge on any atom is 0.338 e. The van der Waals surface area contributed by atoms with Gasteiger partial charge in [-0.15, -0.1) is 6.58 Å². The van der Waals surface area contributed by atoms with Crippen LogP contribution in [0, 0.1) is 0 Å². The molecule has 0 radical (unpaired) electrons. The Labute approximate surface area is 195 Å². The first-order valence-corrected chi connectivity index (χ1v) is 10.8. The lowest BCUT2D eigenvalue weighted by Gasteiger charge is -2.38. The zero-order chi connectivity index (χ0) is 22.1. The van der Waals surface area contributed by atoms with Crippen LogP contribution in [-0.2, 0) is 23.9 Å². The molecule has 0 amide bonds. The molecule has 31 heavy (non-hydrogen) atoms. The number of hydrogen-bond donors (Lipinski definition) is 1. The number of halogens is 1. The maximum absolute atomic E-state index is 12.7. The second kappa shape index (κ2) is 12.2. The molecule has 0 saturated carbocycles. The predicted molar refractivity (Wildman–Crippen MR) is 122 cm³/mol. The number of esters is 1. The molecule has 0 bridgehead atoms. The molecule has 1 heterocycles. The Morgan fingerprint density at radius 2 is 1.94 bits per heavy atom. The zero-order valence-corrected chi connectivity index (χ0v) is 19.1. The Hall–Kier alpha value is -1.98. The van der Waals surface area contributed by atoms with Crippen LogP contribution in [-0.4, -0.2) is 48.9 Å². The van der Waals surface area contributed by atoms with Crippen LogP contribution in [0.25, 0.3) is 0 Å². The second-order valence-corrected chi connectivity index (χ2v) is 7.47. The lowest BCUT2D eigenvalue weighted by atomic mass is 10.0. The fourth-order valence-corrected chi connectivity index (χ4v) is 3.72. The number of ether oxygens (including phenoxy) is 4. The largest absolute Gasteiger partial charge is 0.489 e. The molecule has 166 valence electrons. The SMILES string of the molecule is C=CCOC1OC(CO)CC(OC(=O)c2ccc(OCc3ccccc3)cc2)[C@H]1OI. The highest BCUT2D eigenvalue weighted by Gasteiger charge is 2.42. The van der Waals surface area contributed by atoms with Crippen LogP contribution < -0.4 is 4.74 Å². The van der Waals surface area contributed by atoms with Crippen LogP contribution in [0.2, 0.25) is 0 Å². The van der Waals surface area contributed by atoms with Crippen LogP contribution in [0.4, 0.5) is 0 Å². The topological polar surface area (TPSA) is 83.5 Å². The third-order valence-electron chi connectivity index (χ3n) is 4.74. The summed E-state index contributed by atoms with van der Waals surface area (Å²) in [6, 6.07) is 16.6. The number of aliphatic hydroxyl groups excluding tert-OH is 1. The van der Waals surface area contributed by atoms with Crippen LogP contribution in [0.1, 0.15) is 22.3 Å². The van der Waals surface area contributed by atoms with Gasteiger partial charge in [0.25, 0.3) is 0 Å². The van der Waals surface area contributed by atoms with Crippen molar-refractivity contribution in [1.29, 1.82) is 0 Å². The fourth-order valence-electron chi connectivity index (χ4n) is 3.15. The van der Waals surface area contributed by atoms with Crippen molar-refractivity contribution in [2.24, 2.45) is 0 Å². The summed E-state index contributed by atoms with van der Waals surface area (Å²) < 4.78 is 28.1. The molecule has 7 nitrogen and oxygen atoms in total. The van der Waals surface area contributed by atoms with Crippen LogP contribution in [0.5, 0.6) is 5.75 Å². The number of benzene rings is 2. The highest BCUT2D eigenvalue weighted by atomic mass is 127. The standard InChI is InChI=1S/C23H25IO7/c1-2-12-27-23-21(31-24)20(13-19(14-25)29-23)30-22(26)17-8-10-18(11-9-17)28-15-16-6-4-3-5-7-16/h2-11,19-21,23,25H,1,12-15H2/t19?,20?,21-,23?/m1/s1. The van der Waals surface area contributed by atoms with Crippen molar-refractivity contribution in [3.05, 3.63) is 78.4 Å². The number of hydrogen-bond acceptors (Lipinski definition) is 7. The van der Waals surface area contributed by atoms with Crippen molar-refractivity contribution in [3.8, 4) is 5.75 Å². The van der Waals surface area contributed by atoms with Crippen molar-refractivity contribution < 1.29 is 31.9 Å². The quantitative estimate of drug-likeness (QED) is 0.279. The van der Waals surface area contributed by atoms with Gasteiger partial charge in [0, 0.05) is 6.42 Å². The molecular formula is C23H25IO7. The summed E-state index contributed by atoms with van der Waals surface area (Å²) in [7, 11) is 0. The van der Waals surface area contributed by atoms with Gasteiger partial charge >= 0.3 is 5.97 Å². The minimum absolute atomic E-state index is 0.219. The van der Waals surface area contributed by atoms with Gasteiger partial charge in [0.2, 0.25) is 0 Å². The van der Waals surface area contributed by atoms with Gasteiger partial charge in [-0.25, -0.2) is 4.79 Å². The smallest absolute Gasteiger partial charge is 0.338 e. The van der Waals surface area contributed by atoms with Crippen LogP contribution >= 0.6 is 23.0 Å². The third-order valence-corrected chi connectivity index (χ3v) is 5.33. The highest BCUT2D eigenvalue weighted by molar-refractivity contribution is 14.1. The number of aliphatic hydroxyl groups is 1. The van der Waals surface area contributed by atoms with E-state index >= 15 is 0 Å². The lowest BCUT2D eigenvalue weighted by Crippen LogP contribution is -2.52. The van der Waals surface area contributed by atoms with E-state index in [1.807, 2.05) is 30.3 Å². The predicted octanol–water partition coefficient (Wildman–Crippen LogP) is 3.84. The summed E-state index contributed by atoms with van der Waals surface area (Å²) in [6.07, 6.45) is -0.711. The Balaban J connectivity index is 1.61. The number of rotatable bonds is 10. The van der Waals surface area contributed by atoms with Gasteiger partial charge in [-0.2, -0.15) is 0 Å². The Kier molecular flexibility index (Phi) is 9.29. The summed E-state index contributed by atoms with van der Waals surface area (Å²) in [4.78, 5) is 12.7. The molecule has 1 aliphatic heterocycles. The van der Waals surface area contributed by atoms with Gasteiger partial charge < -0.3 is 27.1 Å². The molecule has 0 aromatic heterocycles. The number of carbonyl (C=O) groups excluding carboxylic acids is 1. The molecule has 0 aliphatic carbocycles. The first-order chi connectivity index (χ1) is 15.1. The normalized spacial score (nSPS) is 23.2. The van der Waals surface area contributed by atoms with Gasteiger partial charge in [0.1, 0.15) is 41.5 Å². The summed E-state index contributed by atoms with van der Waals surface area (Å²) >= 11 is 1.73. The van der Waals surface area contributed by atoms with Gasteiger partial charge in [-0.1, -0.05) is 36.4 Å². The summed E-state index contributed by atoms with van der Waals surface area (Å²) in [5.74, 6) is 0.150. The van der Waals surface area contributed by atoms with E-state index in [1.165, 1.54) is 0 Å². The molecule has 1 fully saturated rings. The second-order valence-electron chi connectivity index (χ2n) is 6.96. The van der Waals surface area contributed by atoms with E-state index in [-0.39, 0.29) is 13.2 Å². The van der Waals surface area contributed by atoms with E-state index in [0.717, 1.165) is 5.56 Å². The zero-order valence-electron chi connectivity index (χ0n) is 16.9. The molecule has 3 rings (SSSR count). The van der Waals surface area contributed by atoms with E-state index in [0.29, 0.717) is 24.3 Å². The Morgan fingerprint density at radius 1 is 1.19 bits per heavy atom. The van der Waals surface area contributed by atoms with E-state index in [9.17, 15) is 9.90 Å². The van der Waals surface area contributed by atoms with E-state index in [2.05, 4.69) is 6.58 Å². The summed E-state index contributed by atoms with van der Waals surface area (Å²) in [6.45, 7) is 4.07. The fraction of sp³-hybridized carbons (Fsp3) is 0.348. The minimum atomic E-state index is -0.785. The van der Waals surface area contributed by atoms with Gasteiger partial charge in [-0.3, -0.25) is 0 Å². The minimum Gasteiger partial charge on any atom is -0.489 e. The van der Waals surface area contributed by atoms with E-state index < -0.39 is 30.6 Å². The van der Waals surface area contributed by atoms with Crippen molar-refractivity contribution in [1.82, 2.24) is 0 Å². The van der Waals surface area contributed by atoms with Gasteiger partial charge in [0.05, 0.1) is 24.9 Å². The summed E-state index contributed by atoms with van der Waals surface area (Å²) in [5, 5.41) is 9.53. The third kappa shape index (κ3) is 6.75. The molecule has 1 aliphatic rings. The van der Waals surface area contributed by atoms with E-state index in [1.54, 1.807) is 53.3 Å². The van der Waals surface area contributed by atoms with Crippen molar-refractivity contribution in [3.63, 3.8) is 0 Å². The molecular weight excluding hydrogens is 515 g/mol. The molecule has 2 aromatic carbocycles. The van der Waals surface area contributed by atoms with Crippen molar-refractivity contribution >= 4 is 29.0 Å². The maximum atomic E-state index is 12.7. The van der Waals surface area contributed by atoms with Crippen molar-refractivity contribution in [2.75, 3.05) is 13.2 Å². The average molecular weight is 540 g/mol. The van der Waals surface area contributed by atoms with Crippen LogP contribution in [0.15, 0.2) is 67.3 Å². The molecule has 0 spiro atoms. The molecule has 4 atom stereocenters. The molecule has 8 heteroatoms. The average Bonchev–Trinajstić information content (AvgIpc) is 2.82. The molecule has 2 aromatic rings. The Morgan fingerprint density at radius 3 is 2.58 bits per heavy atom. The number of carbonyl (C=O) groups is 1. The molecule has 1 N–H and O–H groups in total. The lowest BCUT2D eigenvalue weighted by molar-refractivity contribution is -0.255. The first-order valence-electron chi connectivity index (χ1n) is 9.88. The summed E-state index contributed by atoms with van der Waals surface area (Å²) in [5.41, 5.74) is 1.44. The molecule has 3 unspecified atom stereocenters. The van der Waals surface area contributed by atoms with Crippen LogP contribution in [0.3, 0.4) is 0 Å². The van der Waals surface area contributed by atoms with Gasteiger partial charge in [0.15, 0.2) is 12.4 Å². The van der Waals surface area contributed by atoms with E-state index in [4.69, 9.17) is 22.0 Å². The first kappa shape index (κ1) is 23.7. The monoisotopic (exact) mass is 540 g/mol. The van der Waals surface area contributed by atoms with Crippen molar-refractivity contribution in [2.45, 2.75) is 37.6 Å². The molecule has 1 saturated heterocycles. The van der Waals surface area contributed by atoms with Gasteiger partial charge in [-0.05, 0) is 29.8 Å². The Bertz CT molecular complexity index is 828.